The van der Waals surface area contributed by atoms with E-state index in [1.807, 2.05) is 12.1 Å². The van der Waals surface area contributed by atoms with Gasteiger partial charge in [-0.2, -0.15) is 0 Å². The van der Waals surface area contributed by atoms with Gasteiger partial charge in [0.15, 0.2) is 0 Å². The van der Waals surface area contributed by atoms with E-state index in [0.29, 0.717) is 6.54 Å². The van der Waals surface area contributed by atoms with Crippen LogP contribution in [0.25, 0.3) is 0 Å². The smallest absolute Gasteiger partial charge is 0.127 e. The molecule has 0 heterocycles. The zero-order chi connectivity index (χ0) is 11.4. The molecule has 1 nitrogen and oxygen atoms in total. The van der Waals surface area contributed by atoms with E-state index in [9.17, 15) is 4.39 Å². The van der Waals surface area contributed by atoms with E-state index in [1.54, 1.807) is 6.07 Å². The third-order valence-electron chi connectivity index (χ3n) is 3.51. The first-order valence-corrected chi connectivity index (χ1v) is 6.20. The van der Waals surface area contributed by atoms with Gasteiger partial charge in [-0.1, -0.05) is 31.5 Å². The largest absolute Gasteiger partial charge is 0.312 e. The summed E-state index contributed by atoms with van der Waals surface area (Å²) in [6.07, 6.45) is 4.00. The number of hydrogen-bond donors (Lipinski definition) is 1. The van der Waals surface area contributed by atoms with Gasteiger partial charge < -0.3 is 5.32 Å². The Morgan fingerprint density at radius 3 is 2.81 bits per heavy atom. The molecule has 0 aliphatic heterocycles. The standard InChI is InChI=1S/C14H20FN/c1-11-6-7-12(8-11)9-16-10-13-4-2-3-5-14(13)15/h2-5,11-12,16H,6-10H2,1H3. The summed E-state index contributed by atoms with van der Waals surface area (Å²) < 4.78 is 13.3. The number of hydrogen-bond acceptors (Lipinski definition) is 1. The lowest BCUT2D eigenvalue weighted by Crippen LogP contribution is -2.21. The molecule has 2 heteroatoms. The van der Waals surface area contributed by atoms with Crippen molar-refractivity contribution in [3.05, 3.63) is 35.6 Å². The van der Waals surface area contributed by atoms with Crippen LogP contribution in [0.5, 0.6) is 0 Å². The van der Waals surface area contributed by atoms with Crippen molar-refractivity contribution < 1.29 is 4.39 Å². The second-order valence-corrected chi connectivity index (χ2v) is 5.01. The lowest BCUT2D eigenvalue weighted by Gasteiger charge is -2.11. The fourth-order valence-electron chi connectivity index (χ4n) is 2.56. The van der Waals surface area contributed by atoms with Crippen molar-refractivity contribution in [1.82, 2.24) is 5.32 Å². The van der Waals surface area contributed by atoms with Crippen LogP contribution >= 0.6 is 0 Å². The van der Waals surface area contributed by atoms with Crippen LogP contribution in [0.2, 0.25) is 0 Å². The number of benzene rings is 1. The zero-order valence-corrected chi connectivity index (χ0v) is 9.88. The molecule has 16 heavy (non-hydrogen) atoms. The average Bonchev–Trinajstić information content (AvgIpc) is 2.67. The minimum Gasteiger partial charge on any atom is -0.312 e. The summed E-state index contributed by atoms with van der Waals surface area (Å²) in [4.78, 5) is 0. The van der Waals surface area contributed by atoms with Gasteiger partial charge in [-0.05, 0) is 37.3 Å². The van der Waals surface area contributed by atoms with Crippen molar-refractivity contribution in [3.63, 3.8) is 0 Å². The SMILES string of the molecule is CC1CCC(CNCc2ccccc2F)C1. The van der Waals surface area contributed by atoms with E-state index in [-0.39, 0.29) is 5.82 Å². The molecule has 1 aromatic carbocycles. The van der Waals surface area contributed by atoms with E-state index in [2.05, 4.69) is 12.2 Å². The van der Waals surface area contributed by atoms with Crippen LogP contribution < -0.4 is 5.32 Å². The molecule has 0 radical (unpaired) electrons. The molecule has 2 atom stereocenters. The van der Waals surface area contributed by atoms with Crippen molar-refractivity contribution in [2.24, 2.45) is 11.8 Å². The van der Waals surface area contributed by atoms with Crippen LogP contribution in [0.3, 0.4) is 0 Å². The predicted molar refractivity (Wildman–Crippen MR) is 64.6 cm³/mol. The van der Waals surface area contributed by atoms with Gasteiger partial charge >= 0.3 is 0 Å². The van der Waals surface area contributed by atoms with Gasteiger partial charge in [0.25, 0.3) is 0 Å². The number of nitrogens with one attached hydrogen (secondary N) is 1. The molecule has 1 fully saturated rings. The molecule has 0 bridgehead atoms. The highest BCUT2D eigenvalue weighted by atomic mass is 19.1. The molecule has 2 rings (SSSR count). The Labute approximate surface area is 97.1 Å². The topological polar surface area (TPSA) is 12.0 Å². The Hall–Kier alpha value is -0.890. The van der Waals surface area contributed by atoms with Crippen molar-refractivity contribution in [1.29, 1.82) is 0 Å². The minimum atomic E-state index is -0.102. The molecular weight excluding hydrogens is 201 g/mol. The monoisotopic (exact) mass is 221 g/mol. The first-order chi connectivity index (χ1) is 7.75. The Balaban J connectivity index is 1.74. The van der Waals surface area contributed by atoms with Gasteiger partial charge in [0.2, 0.25) is 0 Å². The summed E-state index contributed by atoms with van der Waals surface area (Å²) in [7, 11) is 0. The molecule has 0 aromatic heterocycles. The van der Waals surface area contributed by atoms with Crippen LogP contribution in [-0.4, -0.2) is 6.54 Å². The lowest BCUT2D eigenvalue weighted by molar-refractivity contribution is 0.466. The zero-order valence-electron chi connectivity index (χ0n) is 9.88. The lowest BCUT2D eigenvalue weighted by atomic mass is 10.1. The van der Waals surface area contributed by atoms with Crippen LogP contribution in [-0.2, 0) is 6.54 Å². The Morgan fingerprint density at radius 1 is 1.31 bits per heavy atom. The van der Waals surface area contributed by atoms with Gasteiger partial charge in [-0.3, -0.25) is 0 Å². The van der Waals surface area contributed by atoms with Crippen molar-refractivity contribution >= 4 is 0 Å². The van der Waals surface area contributed by atoms with E-state index in [0.717, 1.165) is 23.9 Å². The molecule has 0 spiro atoms. The van der Waals surface area contributed by atoms with E-state index in [4.69, 9.17) is 0 Å². The van der Waals surface area contributed by atoms with E-state index >= 15 is 0 Å². The summed E-state index contributed by atoms with van der Waals surface area (Å²) >= 11 is 0. The molecule has 0 amide bonds. The highest BCUT2D eigenvalue weighted by molar-refractivity contribution is 5.16. The quantitative estimate of drug-likeness (QED) is 0.822. The fourth-order valence-corrected chi connectivity index (χ4v) is 2.56. The molecule has 0 saturated heterocycles. The average molecular weight is 221 g/mol. The minimum absolute atomic E-state index is 0.102. The summed E-state index contributed by atoms with van der Waals surface area (Å²) in [6.45, 7) is 3.99. The molecule has 1 aliphatic carbocycles. The van der Waals surface area contributed by atoms with Crippen LogP contribution in [0.1, 0.15) is 31.7 Å². The van der Waals surface area contributed by atoms with Gasteiger partial charge in [0.05, 0.1) is 0 Å². The second kappa shape index (κ2) is 5.44. The highest BCUT2D eigenvalue weighted by Crippen LogP contribution is 2.29. The van der Waals surface area contributed by atoms with Crippen molar-refractivity contribution in [2.45, 2.75) is 32.7 Å². The Bertz CT molecular complexity index is 337. The number of halogens is 1. The first-order valence-electron chi connectivity index (χ1n) is 6.20. The van der Waals surface area contributed by atoms with Gasteiger partial charge in [-0.25, -0.2) is 4.39 Å². The molecule has 1 aliphatic rings. The number of rotatable bonds is 4. The summed E-state index contributed by atoms with van der Waals surface area (Å²) in [6, 6.07) is 6.99. The van der Waals surface area contributed by atoms with E-state index in [1.165, 1.54) is 25.3 Å². The normalized spacial score (nSPS) is 24.9. The fraction of sp³-hybridized carbons (Fsp3) is 0.571. The van der Waals surface area contributed by atoms with Crippen LogP contribution in [0.15, 0.2) is 24.3 Å². The second-order valence-electron chi connectivity index (χ2n) is 5.01. The molecule has 2 unspecified atom stereocenters. The highest BCUT2D eigenvalue weighted by Gasteiger charge is 2.20. The Kier molecular flexibility index (Phi) is 3.94. The molecular formula is C14H20FN. The summed E-state index contributed by atoms with van der Waals surface area (Å²) in [5, 5.41) is 3.36. The van der Waals surface area contributed by atoms with Crippen molar-refractivity contribution in [2.75, 3.05) is 6.54 Å². The third kappa shape index (κ3) is 3.05. The van der Waals surface area contributed by atoms with Crippen LogP contribution in [0.4, 0.5) is 4.39 Å². The molecule has 1 aromatic rings. The van der Waals surface area contributed by atoms with Crippen molar-refractivity contribution in [3.8, 4) is 0 Å². The van der Waals surface area contributed by atoms with Gasteiger partial charge in [0.1, 0.15) is 5.82 Å². The maximum absolute atomic E-state index is 13.3. The maximum atomic E-state index is 13.3. The van der Waals surface area contributed by atoms with Gasteiger partial charge in [0, 0.05) is 12.1 Å². The molecule has 1 N–H and O–H groups in total. The predicted octanol–water partition coefficient (Wildman–Crippen LogP) is 3.35. The first kappa shape index (κ1) is 11.6. The maximum Gasteiger partial charge on any atom is 0.127 e. The van der Waals surface area contributed by atoms with Gasteiger partial charge in [-0.15, -0.1) is 0 Å². The van der Waals surface area contributed by atoms with E-state index < -0.39 is 0 Å². The molecule has 1 saturated carbocycles. The summed E-state index contributed by atoms with van der Waals surface area (Å²) in [5.41, 5.74) is 0.772. The third-order valence-corrected chi connectivity index (χ3v) is 3.51. The summed E-state index contributed by atoms with van der Waals surface area (Å²) in [5.74, 6) is 1.57. The molecule has 88 valence electrons. The van der Waals surface area contributed by atoms with Crippen LogP contribution in [0, 0.1) is 17.7 Å². The Morgan fingerprint density at radius 2 is 2.12 bits per heavy atom.